The standard InChI is InChI=1S/C14H21ClN2O/c1-2-8-16-14-6-5-12(15)13(17-14)10-18-9-7-11-3-4-11/h5-6,11H,2-4,7-10H2,1H3,(H,16,17). The number of pyridine rings is 1. The molecule has 4 heteroatoms. The van der Waals surface area contributed by atoms with Gasteiger partial charge in [0.25, 0.3) is 0 Å². The molecule has 1 aromatic rings. The third kappa shape index (κ3) is 4.46. The zero-order valence-electron chi connectivity index (χ0n) is 10.9. The molecule has 0 aromatic carbocycles. The lowest BCUT2D eigenvalue weighted by atomic mass is 10.3. The van der Waals surface area contributed by atoms with Gasteiger partial charge in [-0.2, -0.15) is 0 Å². The van der Waals surface area contributed by atoms with Gasteiger partial charge in [0.05, 0.1) is 17.3 Å². The zero-order valence-corrected chi connectivity index (χ0v) is 11.7. The summed E-state index contributed by atoms with van der Waals surface area (Å²) < 4.78 is 5.64. The fraction of sp³-hybridized carbons (Fsp3) is 0.643. The third-order valence-corrected chi connectivity index (χ3v) is 3.43. The fourth-order valence-corrected chi connectivity index (χ4v) is 1.92. The normalized spacial score (nSPS) is 14.8. The van der Waals surface area contributed by atoms with E-state index in [1.165, 1.54) is 19.3 Å². The van der Waals surface area contributed by atoms with Crippen molar-refractivity contribution in [2.75, 3.05) is 18.5 Å². The molecular formula is C14H21ClN2O. The summed E-state index contributed by atoms with van der Waals surface area (Å²) in [5.74, 6) is 1.79. The van der Waals surface area contributed by atoms with E-state index in [2.05, 4.69) is 17.2 Å². The van der Waals surface area contributed by atoms with Crippen LogP contribution in [0.25, 0.3) is 0 Å². The molecule has 0 radical (unpaired) electrons. The maximum atomic E-state index is 6.11. The van der Waals surface area contributed by atoms with E-state index in [-0.39, 0.29) is 0 Å². The molecule has 3 nitrogen and oxygen atoms in total. The van der Waals surface area contributed by atoms with Crippen molar-refractivity contribution in [1.82, 2.24) is 4.98 Å². The maximum absolute atomic E-state index is 6.11. The summed E-state index contributed by atoms with van der Waals surface area (Å²) in [6.07, 6.45) is 5.00. The predicted molar refractivity (Wildman–Crippen MR) is 75.0 cm³/mol. The molecule has 0 aliphatic heterocycles. The van der Waals surface area contributed by atoms with Crippen LogP contribution in [0.4, 0.5) is 5.82 Å². The van der Waals surface area contributed by atoms with Gasteiger partial charge in [-0.15, -0.1) is 0 Å². The summed E-state index contributed by atoms with van der Waals surface area (Å²) in [5.41, 5.74) is 0.827. The lowest BCUT2D eigenvalue weighted by Gasteiger charge is -2.09. The number of hydrogen-bond acceptors (Lipinski definition) is 3. The van der Waals surface area contributed by atoms with E-state index in [4.69, 9.17) is 16.3 Å². The van der Waals surface area contributed by atoms with E-state index in [9.17, 15) is 0 Å². The zero-order chi connectivity index (χ0) is 12.8. The van der Waals surface area contributed by atoms with Gasteiger partial charge < -0.3 is 10.1 Å². The molecule has 0 atom stereocenters. The number of halogens is 1. The van der Waals surface area contributed by atoms with Crippen LogP contribution in [0.15, 0.2) is 12.1 Å². The average molecular weight is 269 g/mol. The molecule has 100 valence electrons. The quantitative estimate of drug-likeness (QED) is 0.727. The number of ether oxygens (including phenoxy) is 1. The van der Waals surface area contributed by atoms with Crippen LogP contribution < -0.4 is 5.32 Å². The lowest BCUT2D eigenvalue weighted by molar-refractivity contribution is 0.113. The summed E-state index contributed by atoms with van der Waals surface area (Å²) in [6, 6.07) is 3.79. The molecule has 1 fully saturated rings. The minimum atomic E-state index is 0.507. The van der Waals surface area contributed by atoms with Gasteiger partial charge in [-0.3, -0.25) is 0 Å². The van der Waals surface area contributed by atoms with E-state index >= 15 is 0 Å². The highest BCUT2D eigenvalue weighted by atomic mass is 35.5. The van der Waals surface area contributed by atoms with Gasteiger partial charge in [-0.05, 0) is 30.9 Å². The number of anilines is 1. The molecular weight excluding hydrogens is 248 g/mol. The van der Waals surface area contributed by atoms with E-state index in [1.807, 2.05) is 12.1 Å². The molecule has 0 amide bonds. The molecule has 1 saturated carbocycles. The van der Waals surface area contributed by atoms with E-state index in [0.29, 0.717) is 11.6 Å². The molecule has 2 rings (SSSR count). The van der Waals surface area contributed by atoms with E-state index in [0.717, 1.165) is 37.0 Å². The number of nitrogens with one attached hydrogen (secondary N) is 1. The Kier molecular flexibility index (Phi) is 5.26. The molecule has 1 aliphatic carbocycles. The minimum Gasteiger partial charge on any atom is -0.375 e. The van der Waals surface area contributed by atoms with Gasteiger partial charge in [0.15, 0.2) is 0 Å². The molecule has 0 saturated heterocycles. The fourth-order valence-electron chi connectivity index (χ4n) is 1.76. The Morgan fingerprint density at radius 3 is 3.00 bits per heavy atom. The summed E-state index contributed by atoms with van der Waals surface area (Å²) in [4.78, 5) is 4.47. The van der Waals surface area contributed by atoms with E-state index < -0.39 is 0 Å². The first-order valence-corrected chi connectivity index (χ1v) is 7.14. The van der Waals surface area contributed by atoms with Crippen molar-refractivity contribution in [1.29, 1.82) is 0 Å². The van der Waals surface area contributed by atoms with Crippen molar-refractivity contribution in [2.24, 2.45) is 5.92 Å². The molecule has 1 aliphatic rings. The first-order valence-electron chi connectivity index (χ1n) is 6.76. The van der Waals surface area contributed by atoms with E-state index in [1.54, 1.807) is 0 Å². The number of nitrogens with zero attached hydrogens (tertiary/aromatic N) is 1. The van der Waals surface area contributed by atoms with Gasteiger partial charge in [-0.25, -0.2) is 4.98 Å². The smallest absolute Gasteiger partial charge is 0.126 e. The Labute approximate surface area is 114 Å². The molecule has 0 spiro atoms. The second-order valence-corrected chi connectivity index (χ2v) is 5.24. The van der Waals surface area contributed by atoms with Crippen LogP contribution in [0, 0.1) is 5.92 Å². The Morgan fingerprint density at radius 1 is 1.44 bits per heavy atom. The monoisotopic (exact) mass is 268 g/mol. The molecule has 1 N–H and O–H groups in total. The Balaban J connectivity index is 1.80. The Bertz CT molecular complexity index is 380. The lowest BCUT2D eigenvalue weighted by Crippen LogP contribution is -2.05. The van der Waals surface area contributed by atoms with Crippen molar-refractivity contribution in [3.63, 3.8) is 0 Å². The SMILES string of the molecule is CCCNc1ccc(Cl)c(COCCC2CC2)n1. The summed E-state index contributed by atoms with van der Waals surface area (Å²) in [7, 11) is 0. The Hall–Kier alpha value is -0.800. The van der Waals surface area contributed by atoms with Gasteiger partial charge in [0.2, 0.25) is 0 Å². The van der Waals surface area contributed by atoms with Crippen LogP contribution in [-0.4, -0.2) is 18.1 Å². The van der Waals surface area contributed by atoms with Crippen molar-refractivity contribution in [3.05, 3.63) is 22.8 Å². The van der Waals surface area contributed by atoms with Gasteiger partial charge in [0, 0.05) is 13.2 Å². The minimum absolute atomic E-state index is 0.507. The highest BCUT2D eigenvalue weighted by molar-refractivity contribution is 6.31. The summed E-state index contributed by atoms with van der Waals surface area (Å²) >= 11 is 6.11. The molecule has 1 heterocycles. The van der Waals surface area contributed by atoms with Crippen LogP contribution in [0.5, 0.6) is 0 Å². The second kappa shape index (κ2) is 6.95. The van der Waals surface area contributed by atoms with Crippen LogP contribution in [-0.2, 0) is 11.3 Å². The average Bonchev–Trinajstić information content (AvgIpc) is 3.19. The number of aromatic nitrogens is 1. The highest BCUT2D eigenvalue weighted by Crippen LogP contribution is 2.32. The van der Waals surface area contributed by atoms with Gasteiger partial charge in [0.1, 0.15) is 5.82 Å². The van der Waals surface area contributed by atoms with Crippen molar-refractivity contribution in [2.45, 2.75) is 39.2 Å². The van der Waals surface area contributed by atoms with Crippen LogP contribution in [0.2, 0.25) is 5.02 Å². The maximum Gasteiger partial charge on any atom is 0.126 e. The van der Waals surface area contributed by atoms with Crippen LogP contribution >= 0.6 is 11.6 Å². The van der Waals surface area contributed by atoms with Crippen molar-refractivity contribution in [3.8, 4) is 0 Å². The predicted octanol–water partition coefficient (Wildman–Crippen LogP) is 3.87. The molecule has 0 bridgehead atoms. The second-order valence-electron chi connectivity index (χ2n) is 4.84. The molecule has 1 aromatic heterocycles. The number of rotatable bonds is 8. The van der Waals surface area contributed by atoms with Crippen LogP contribution in [0.1, 0.15) is 38.3 Å². The highest BCUT2D eigenvalue weighted by Gasteiger charge is 2.20. The summed E-state index contributed by atoms with van der Waals surface area (Å²) in [5, 5.41) is 3.94. The van der Waals surface area contributed by atoms with Gasteiger partial charge >= 0.3 is 0 Å². The first-order chi connectivity index (χ1) is 8.79. The molecule has 18 heavy (non-hydrogen) atoms. The molecule has 0 unspecified atom stereocenters. The van der Waals surface area contributed by atoms with Crippen LogP contribution in [0.3, 0.4) is 0 Å². The van der Waals surface area contributed by atoms with Crippen molar-refractivity contribution < 1.29 is 4.74 Å². The van der Waals surface area contributed by atoms with Gasteiger partial charge in [-0.1, -0.05) is 31.4 Å². The number of hydrogen-bond donors (Lipinski definition) is 1. The summed E-state index contributed by atoms with van der Waals surface area (Å²) in [6.45, 7) is 4.38. The first kappa shape index (κ1) is 13.6. The Morgan fingerprint density at radius 2 is 2.28 bits per heavy atom. The van der Waals surface area contributed by atoms with Crippen molar-refractivity contribution >= 4 is 17.4 Å². The third-order valence-electron chi connectivity index (χ3n) is 3.08. The topological polar surface area (TPSA) is 34.1 Å². The largest absolute Gasteiger partial charge is 0.375 e.